The predicted octanol–water partition coefficient (Wildman–Crippen LogP) is 2.48. The maximum Gasteiger partial charge on any atom is 0.257 e. The summed E-state index contributed by atoms with van der Waals surface area (Å²) in [5.41, 5.74) is 2.86. The van der Waals surface area contributed by atoms with Crippen molar-refractivity contribution in [2.45, 2.75) is 24.8 Å². The number of nitriles is 1. The standard InChI is InChI=1S/C23H21N3O4S/c1-15-11-21(27)22(20(26-15)12-16-3-5-17(13-24)6-4-16)23(28)25-14-18-7-9-19(10-8-18)31(2,29)30/h3-11H,12,14H2,1-2H3,(H,25,28)(H,26,27). The highest BCUT2D eigenvalue weighted by Gasteiger charge is 2.17. The van der Waals surface area contributed by atoms with Gasteiger partial charge >= 0.3 is 0 Å². The number of nitrogens with one attached hydrogen (secondary N) is 2. The molecule has 0 saturated carbocycles. The van der Waals surface area contributed by atoms with E-state index in [0.717, 1.165) is 11.8 Å². The summed E-state index contributed by atoms with van der Waals surface area (Å²) in [6, 6.07) is 16.6. The maximum absolute atomic E-state index is 12.8. The van der Waals surface area contributed by atoms with E-state index < -0.39 is 15.7 Å². The topological polar surface area (TPSA) is 120 Å². The van der Waals surface area contributed by atoms with Crippen molar-refractivity contribution in [2.75, 3.05) is 6.26 Å². The number of amides is 1. The van der Waals surface area contributed by atoms with Crippen molar-refractivity contribution in [3.05, 3.63) is 98.5 Å². The van der Waals surface area contributed by atoms with E-state index in [1.54, 1.807) is 43.3 Å². The monoisotopic (exact) mass is 435 g/mol. The molecule has 0 bridgehead atoms. The molecule has 0 fully saturated rings. The van der Waals surface area contributed by atoms with E-state index in [1.807, 2.05) is 0 Å². The lowest BCUT2D eigenvalue weighted by Crippen LogP contribution is -2.30. The summed E-state index contributed by atoms with van der Waals surface area (Å²) in [6.07, 6.45) is 1.46. The maximum atomic E-state index is 12.8. The van der Waals surface area contributed by atoms with Gasteiger partial charge in [0, 0.05) is 36.7 Å². The molecule has 8 heteroatoms. The molecule has 0 saturated heterocycles. The first-order valence-corrected chi connectivity index (χ1v) is 11.4. The molecule has 1 aromatic heterocycles. The highest BCUT2D eigenvalue weighted by Crippen LogP contribution is 2.13. The van der Waals surface area contributed by atoms with E-state index in [0.29, 0.717) is 28.9 Å². The molecule has 0 unspecified atom stereocenters. The number of hydrogen-bond acceptors (Lipinski definition) is 5. The lowest BCUT2D eigenvalue weighted by Gasteiger charge is -2.12. The van der Waals surface area contributed by atoms with Crippen LogP contribution in [0.2, 0.25) is 0 Å². The molecule has 2 aromatic carbocycles. The van der Waals surface area contributed by atoms with E-state index in [2.05, 4.69) is 16.4 Å². The van der Waals surface area contributed by atoms with Crippen LogP contribution in [0, 0.1) is 18.3 Å². The quantitative estimate of drug-likeness (QED) is 0.616. The van der Waals surface area contributed by atoms with Gasteiger partial charge in [-0.3, -0.25) is 9.59 Å². The van der Waals surface area contributed by atoms with Crippen LogP contribution in [0.15, 0.2) is 64.3 Å². The smallest absolute Gasteiger partial charge is 0.257 e. The molecule has 0 spiro atoms. The Labute approximate surface area is 180 Å². The molecular formula is C23H21N3O4S. The van der Waals surface area contributed by atoms with Gasteiger partial charge in [-0.1, -0.05) is 24.3 Å². The van der Waals surface area contributed by atoms with E-state index in [9.17, 15) is 18.0 Å². The SMILES string of the molecule is Cc1cc(=O)c(C(=O)NCc2ccc(S(C)(=O)=O)cc2)c(Cc2ccc(C#N)cc2)[nH]1. The Morgan fingerprint density at radius 3 is 2.26 bits per heavy atom. The summed E-state index contributed by atoms with van der Waals surface area (Å²) >= 11 is 0. The molecule has 3 aromatic rings. The number of H-pyrrole nitrogens is 1. The third-order valence-electron chi connectivity index (χ3n) is 4.74. The van der Waals surface area contributed by atoms with Gasteiger partial charge in [0.25, 0.3) is 5.91 Å². The van der Waals surface area contributed by atoms with Crippen LogP contribution in [0.5, 0.6) is 0 Å². The van der Waals surface area contributed by atoms with Gasteiger partial charge in [0.15, 0.2) is 15.3 Å². The van der Waals surface area contributed by atoms with Gasteiger partial charge in [-0.25, -0.2) is 8.42 Å². The summed E-state index contributed by atoms with van der Waals surface area (Å²) in [4.78, 5) is 28.7. The Morgan fingerprint density at radius 2 is 1.68 bits per heavy atom. The van der Waals surface area contributed by atoms with Gasteiger partial charge < -0.3 is 10.3 Å². The number of rotatable bonds is 6. The minimum absolute atomic E-state index is 0.0303. The number of pyridine rings is 1. The molecule has 31 heavy (non-hydrogen) atoms. The van der Waals surface area contributed by atoms with Crippen molar-refractivity contribution in [3.63, 3.8) is 0 Å². The summed E-state index contributed by atoms with van der Waals surface area (Å²) in [5.74, 6) is -0.517. The average molecular weight is 436 g/mol. The minimum atomic E-state index is -3.29. The summed E-state index contributed by atoms with van der Waals surface area (Å²) < 4.78 is 23.1. The summed E-state index contributed by atoms with van der Waals surface area (Å²) in [6.45, 7) is 1.89. The van der Waals surface area contributed by atoms with Gasteiger partial charge in [0.1, 0.15) is 5.56 Å². The molecule has 0 aliphatic rings. The predicted molar refractivity (Wildman–Crippen MR) is 116 cm³/mol. The Balaban J connectivity index is 1.81. The van der Waals surface area contributed by atoms with E-state index in [1.165, 1.54) is 18.2 Å². The van der Waals surface area contributed by atoms with E-state index in [-0.39, 0.29) is 22.4 Å². The van der Waals surface area contributed by atoms with Crippen LogP contribution in [0.1, 0.15) is 38.4 Å². The van der Waals surface area contributed by atoms with Gasteiger partial charge in [-0.2, -0.15) is 5.26 Å². The Hall–Kier alpha value is -3.70. The number of aryl methyl sites for hydroxylation is 1. The van der Waals surface area contributed by atoms with Crippen molar-refractivity contribution in [2.24, 2.45) is 0 Å². The number of sulfone groups is 1. The molecule has 158 valence electrons. The summed E-state index contributed by atoms with van der Waals surface area (Å²) in [5, 5.41) is 11.7. The third kappa shape index (κ3) is 5.47. The molecular weight excluding hydrogens is 414 g/mol. The fourth-order valence-corrected chi connectivity index (χ4v) is 3.79. The lowest BCUT2D eigenvalue weighted by molar-refractivity contribution is 0.0948. The van der Waals surface area contributed by atoms with Crippen molar-refractivity contribution in [1.29, 1.82) is 5.26 Å². The first kappa shape index (κ1) is 22.0. The second kappa shape index (κ2) is 8.98. The Bertz CT molecular complexity index is 1320. The molecule has 2 N–H and O–H groups in total. The molecule has 0 aliphatic carbocycles. The van der Waals surface area contributed by atoms with Crippen molar-refractivity contribution < 1.29 is 13.2 Å². The zero-order valence-corrected chi connectivity index (χ0v) is 17.9. The van der Waals surface area contributed by atoms with Crippen LogP contribution in [0.25, 0.3) is 0 Å². The van der Waals surface area contributed by atoms with Crippen molar-refractivity contribution >= 4 is 15.7 Å². The number of hydrogen-bond donors (Lipinski definition) is 2. The van der Waals surface area contributed by atoms with Crippen LogP contribution < -0.4 is 10.7 Å². The second-order valence-electron chi connectivity index (χ2n) is 7.25. The molecule has 0 atom stereocenters. The van der Waals surface area contributed by atoms with Gasteiger partial charge in [0.2, 0.25) is 0 Å². The normalized spacial score (nSPS) is 11.0. The first-order chi connectivity index (χ1) is 14.7. The number of aromatic amines is 1. The largest absolute Gasteiger partial charge is 0.361 e. The highest BCUT2D eigenvalue weighted by molar-refractivity contribution is 7.90. The second-order valence-corrected chi connectivity index (χ2v) is 9.27. The average Bonchev–Trinajstić information content (AvgIpc) is 2.72. The van der Waals surface area contributed by atoms with Crippen molar-refractivity contribution in [3.8, 4) is 6.07 Å². The van der Waals surface area contributed by atoms with Crippen molar-refractivity contribution in [1.82, 2.24) is 10.3 Å². The number of benzene rings is 2. The highest BCUT2D eigenvalue weighted by atomic mass is 32.2. The zero-order valence-electron chi connectivity index (χ0n) is 17.1. The van der Waals surface area contributed by atoms with E-state index in [4.69, 9.17) is 5.26 Å². The molecule has 1 amide bonds. The van der Waals surface area contributed by atoms with Crippen LogP contribution in [-0.2, 0) is 22.8 Å². The van der Waals surface area contributed by atoms with Gasteiger partial charge in [-0.05, 0) is 42.3 Å². The van der Waals surface area contributed by atoms with Gasteiger partial charge in [-0.15, -0.1) is 0 Å². The van der Waals surface area contributed by atoms with Crippen LogP contribution in [0.4, 0.5) is 0 Å². The number of carbonyl (C=O) groups excluding carboxylic acids is 1. The Kier molecular flexibility index (Phi) is 6.37. The molecule has 0 aliphatic heterocycles. The fraction of sp³-hybridized carbons (Fsp3) is 0.174. The molecule has 7 nitrogen and oxygen atoms in total. The van der Waals surface area contributed by atoms with Crippen LogP contribution in [-0.4, -0.2) is 25.6 Å². The molecule has 1 heterocycles. The first-order valence-electron chi connectivity index (χ1n) is 9.46. The van der Waals surface area contributed by atoms with Gasteiger partial charge in [0.05, 0.1) is 16.5 Å². The Morgan fingerprint density at radius 1 is 1.06 bits per heavy atom. The van der Waals surface area contributed by atoms with E-state index >= 15 is 0 Å². The summed E-state index contributed by atoms with van der Waals surface area (Å²) in [7, 11) is -3.29. The number of nitrogens with zero attached hydrogens (tertiary/aromatic N) is 1. The fourth-order valence-electron chi connectivity index (χ4n) is 3.16. The molecule has 0 radical (unpaired) electrons. The zero-order chi connectivity index (χ0) is 22.6. The number of aromatic nitrogens is 1. The van der Waals surface area contributed by atoms with Crippen LogP contribution in [0.3, 0.4) is 0 Å². The lowest BCUT2D eigenvalue weighted by atomic mass is 10.0. The third-order valence-corrected chi connectivity index (χ3v) is 5.87. The molecule has 3 rings (SSSR count). The minimum Gasteiger partial charge on any atom is -0.361 e. The number of carbonyl (C=O) groups is 1. The van der Waals surface area contributed by atoms with Crippen LogP contribution >= 0.6 is 0 Å².